The minimum absolute atomic E-state index is 0.0239. The molecule has 0 saturated carbocycles. The van der Waals surface area contributed by atoms with Gasteiger partial charge >= 0.3 is 0 Å². The normalized spacial score (nSPS) is 10.9. The van der Waals surface area contributed by atoms with Gasteiger partial charge in [0.1, 0.15) is 0 Å². The molecule has 0 atom stereocenters. The summed E-state index contributed by atoms with van der Waals surface area (Å²) in [6.45, 7) is 3.81. The number of carbonyl (C=O) groups excluding carboxylic acids is 1. The molecule has 102 valence electrons. The number of benzene rings is 1. The van der Waals surface area contributed by atoms with Crippen molar-refractivity contribution in [1.82, 2.24) is 5.43 Å². The van der Waals surface area contributed by atoms with Crippen LogP contribution in [0.3, 0.4) is 0 Å². The summed E-state index contributed by atoms with van der Waals surface area (Å²) < 4.78 is 0. The Morgan fingerprint density at radius 2 is 2.00 bits per heavy atom. The molecule has 0 aliphatic heterocycles. The van der Waals surface area contributed by atoms with Gasteiger partial charge in [0.2, 0.25) is 5.91 Å². The van der Waals surface area contributed by atoms with Crippen molar-refractivity contribution in [2.24, 2.45) is 10.8 Å². The van der Waals surface area contributed by atoms with Crippen molar-refractivity contribution in [2.45, 2.75) is 26.7 Å². The fourth-order valence-electron chi connectivity index (χ4n) is 1.45. The van der Waals surface area contributed by atoms with Gasteiger partial charge in [-0.3, -0.25) is 10.2 Å². The van der Waals surface area contributed by atoms with Gasteiger partial charge in [0.15, 0.2) is 5.11 Å². The molecular formula is C13H18N4OS. The summed E-state index contributed by atoms with van der Waals surface area (Å²) in [6.07, 6.45) is 1.36. The van der Waals surface area contributed by atoms with Crippen LogP contribution < -0.4 is 16.5 Å². The molecule has 0 fully saturated rings. The van der Waals surface area contributed by atoms with E-state index in [0.29, 0.717) is 6.42 Å². The van der Waals surface area contributed by atoms with Crippen LogP contribution in [0.4, 0.5) is 5.69 Å². The predicted octanol–water partition coefficient (Wildman–Crippen LogP) is 1.98. The first-order valence-corrected chi connectivity index (χ1v) is 6.43. The first-order chi connectivity index (χ1) is 9.02. The van der Waals surface area contributed by atoms with Gasteiger partial charge in [-0.05, 0) is 43.3 Å². The maximum absolute atomic E-state index is 11.4. The van der Waals surface area contributed by atoms with E-state index < -0.39 is 0 Å². The van der Waals surface area contributed by atoms with Gasteiger partial charge in [-0.1, -0.05) is 19.1 Å². The largest absolute Gasteiger partial charge is 0.375 e. The number of carbonyl (C=O) groups is 1. The third-order valence-corrected chi connectivity index (χ3v) is 2.49. The van der Waals surface area contributed by atoms with Gasteiger partial charge in [0.25, 0.3) is 0 Å². The fourth-order valence-corrected chi connectivity index (χ4v) is 1.49. The van der Waals surface area contributed by atoms with Crippen molar-refractivity contribution in [3.8, 4) is 0 Å². The van der Waals surface area contributed by atoms with Crippen LogP contribution in [-0.2, 0) is 4.79 Å². The number of hydrogen-bond acceptors (Lipinski definition) is 3. The maximum Gasteiger partial charge on any atom is 0.224 e. The summed E-state index contributed by atoms with van der Waals surface area (Å²) >= 11 is 4.67. The van der Waals surface area contributed by atoms with E-state index in [1.54, 1.807) is 0 Å². The molecule has 5 nitrogen and oxygen atoms in total. The second-order valence-corrected chi connectivity index (χ2v) is 4.49. The second kappa shape index (κ2) is 7.48. The Morgan fingerprint density at radius 1 is 1.37 bits per heavy atom. The minimum Gasteiger partial charge on any atom is -0.375 e. The summed E-state index contributed by atoms with van der Waals surface area (Å²) in [5, 5.41) is 6.98. The fraction of sp³-hybridized carbons (Fsp3) is 0.308. The summed E-state index contributed by atoms with van der Waals surface area (Å²) in [5.41, 5.74) is 10.3. The Kier molecular flexibility index (Phi) is 5.95. The molecule has 0 radical (unpaired) electrons. The lowest BCUT2D eigenvalue weighted by atomic mass is 10.1. The highest BCUT2D eigenvalue weighted by molar-refractivity contribution is 7.80. The number of hydrogen-bond donors (Lipinski definition) is 3. The van der Waals surface area contributed by atoms with Crippen molar-refractivity contribution in [2.75, 3.05) is 5.32 Å². The van der Waals surface area contributed by atoms with Crippen molar-refractivity contribution in [3.63, 3.8) is 0 Å². The number of anilines is 1. The van der Waals surface area contributed by atoms with Crippen molar-refractivity contribution in [3.05, 3.63) is 29.8 Å². The second-order valence-electron chi connectivity index (χ2n) is 4.05. The number of nitrogens with zero attached hydrogens (tertiary/aromatic N) is 1. The number of hydrazone groups is 1. The quantitative estimate of drug-likeness (QED) is 0.437. The van der Waals surface area contributed by atoms with E-state index in [1.807, 2.05) is 38.1 Å². The van der Waals surface area contributed by atoms with E-state index in [1.165, 1.54) is 0 Å². The SMILES string of the molecule is CCCC(=O)Nc1ccc(/C(C)=N/NC(N)=S)cc1. The van der Waals surface area contributed by atoms with Gasteiger partial charge in [0, 0.05) is 12.1 Å². The lowest BCUT2D eigenvalue weighted by Crippen LogP contribution is -2.25. The van der Waals surface area contributed by atoms with Crippen LogP contribution in [0.5, 0.6) is 0 Å². The van der Waals surface area contributed by atoms with Gasteiger partial charge in [0.05, 0.1) is 5.71 Å². The zero-order valence-corrected chi connectivity index (χ0v) is 11.9. The van der Waals surface area contributed by atoms with Gasteiger partial charge in [-0.2, -0.15) is 5.10 Å². The average molecular weight is 278 g/mol. The molecule has 1 rings (SSSR count). The smallest absolute Gasteiger partial charge is 0.224 e. The lowest BCUT2D eigenvalue weighted by Gasteiger charge is -2.06. The predicted molar refractivity (Wildman–Crippen MR) is 82.1 cm³/mol. The summed E-state index contributed by atoms with van der Waals surface area (Å²) in [6, 6.07) is 7.43. The number of nitrogens with two attached hydrogens (primary N) is 1. The molecule has 1 aromatic rings. The molecule has 0 aliphatic rings. The van der Waals surface area contributed by atoms with E-state index in [9.17, 15) is 4.79 Å². The first-order valence-electron chi connectivity index (χ1n) is 6.03. The van der Waals surface area contributed by atoms with Crippen LogP contribution in [-0.4, -0.2) is 16.7 Å². The highest BCUT2D eigenvalue weighted by Crippen LogP contribution is 2.11. The van der Waals surface area contributed by atoms with E-state index in [-0.39, 0.29) is 11.0 Å². The Bertz CT molecular complexity index is 482. The lowest BCUT2D eigenvalue weighted by molar-refractivity contribution is -0.116. The third-order valence-electron chi connectivity index (χ3n) is 2.40. The van der Waals surface area contributed by atoms with Crippen LogP contribution in [0.15, 0.2) is 29.4 Å². The molecule has 0 aliphatic carbocycles. The van der Waals surface area contributed by atoms with Gasteiger partial charge in [-0.25, -0.2) is 0 Å². The molecule has 6 heteroatoms. The van der Waals surface area contributed by atoms with Crippen LogP contribution in [0.1, 0.15) is 32.3 Å². The molecule has 1 aromatic carbocycles. The number of rotatable bonds is 5. The molecular weight excluding hydrogens is 260 g/mol. The van der Waals surface area contributed by atoms with Crippen molar-refractivity contribution in [1.29, 1.82) is 0 Å². The first kappa shape index (κ1) is 15.1. The third kappa shape index (κ3) is 5.48. The molecule has 0 saturated heterocycles. The standard InChI is InChI=1S/C13H18N4OS/c1-3-4-12(18)15-11-7-5-10(6-8-11)9(2)16-17-13(14)19/h5-8H,3-4H2,1-2H3,(H,15,18)(H3,14,17,19)/b16-9+. The van der Waals surface area contributed by atoms with Gasteiger partial charge < -0.3 is 11.1 Å². The number of nitrogens with one attached hydrogen (secondary N) is 2. The number of amides is 1. The minimum atomic E-state index is 0.0239. The maximum atomic E-state index is 11.4. The molecule has 0 spiro atoms. The Morgan fingerprint density at radius 3 is 2.53 bits per heavy atom. The number of thiocarbonyl (C=S) groups is 1. The summed E-state index contributed by atoms with van der Waals surface area (Å²) in [4.78, 5) is 11.4. The van der Waals surface area contributed by atoms with Crippen LogP contribution in [0.2, 0.25) is 0 Å². The summed E-state index contributed by atoms with van der Waals surface area (Å²) in [7, 11) is 0. The molecule has 0 aromatic heterocycles. The van der Waals surface area contributed by atoms with E-state index in [2.05, 4.69) is 28.1 Å². The van der Waals surface area contributed by atoms with Crippen molar-refractivity contribution >= 4 is 34.6 Å². The van der Waals surface area contributed by atoms with Crippen LogP contribution in [0.25, 0.3) is 0 Å². The zero-order chi connectivity index (χ0) is 14.3. The molecule has 4 N–H and O–H groups in total. The van der Waals surface area contributed by atoms with E-state index in [0.717, 1.165) is 23.4 Å². The van der Waals surface area contributed by atoms with Crippen LogP contribution in [0, 0.1) is 0 Å². The van der Waals surface area contributed by atoms with E-state index in [4.69, 9.17) is 5.73 Å². The summed E-state index contributed by atoms with van der Waals surface area (Å²) in [5.74, 6) is 0.0239. The Balaban J connectivity index is 2.68. The molecule has 0 heterocycles. The zero-order valence-electron chi connectivity index (χ0n) is 11.1. The topological polar surface area (TPSA) is 79.5 Å². The van der Waals surface area contributed by atoms with E-state index >= 15 is 0 Å². The molecule has 0 unspecified atom stereocenters. The molecule has 19 heavy (non-hydrogen) atoms. The molecule has 0 bridgehead atoms. The molecule has 1 amide bonds. The van der Waals surface area contributed by atoms with Crippen LogP contribution >= 0.6 is 12.2 Å². The van der Waals surface area contributed by atoms with Crippen molar-refractivity contribution < 1.29 is 4.79 Å². The van der Waals surface area contributed by atoms with Gasteiger partial charge in [-0.15, -0.1) is 0 Å². The Hall–Kier alpha value is -1.95. The highest BCUT2D eigenvalue weighted by Gasteiger charge is 2.02. The monoisotopic (exact) mass is 278 g/mol. The average Bonchev–Trinajstić information content (AvgIpc) is 2.37. The Labute approximate surface area is 118 Å². The highest BCUT2D eigenvalue weighted by atomic mass is 32.1.